The Morgan fingerprint density at radius 2 is 1.87 bits per heavy atom. The monoisotopic (exact) mass is 218 g/mol. The zero-order valence-corrected chi connectivity index (χ0v) is 8.78. The molecule has 0 amide bonds. The highest BCUT2D eigenvalue weighted by atomic mass is 32.1. The van der Waals surface area contributed by atoms with E-state index in [1.165, 1.54) is 11.3 Å². The first-order valence-corrected chi connectivity index (χ1v) is 5.48. The third kappa shape index (κ3) is 2.14. The van der Waals surface area contributed by atoms with Crippen LogP contribution in [0.2, 0.25) is 0 Å². The molecule has 0 saturated carbocycles. The topological polar surface area (TPSA) is 37.3 Å². The van der Waals surface area contributed by atoms with E-state index in [9.17, 15) is 9.90 Å². The minimum Gasteiger partial charge on any atom is -0.380 e. The molecule has 1 aromatic heterocycles. The van der Waals surface area contributed by atoms with Crippen LogP contribution in [0, 0.1) is 0 Å². The number of carbonyl (C=O) groups excluding carboxylic acids is 1. The third-order valence-electron chi connectivity index (χ3n) is 2.13. The van der Waals surface area contributed by atoms with Crippen molar-refractivity contribution in [2.75, 3.05) is 0 Å². The number of ketones is 1. The summed E-state index contributed by atoms with van der Waals surface area (Å²) in [6.07, 6.45) is -1.05. The van der Waals surface area contributed by atoms with Crippen molar-refractivity contribution in [3.05, 3.63) is 58.3 Å². The van der Waals surface area contributed by atoms with Gasteiger partial charge >= 0.3 is 0 Å². The molecule has 2 nitrogen and oxygen atoms in total. The second kappa shape index (κ2) is 4.38. The Balaban J connectivity index is 2.23. The van der Waals surface area contributed by atoms with Gasteiger partial charge in [0.1, 0.15) is 6.10 Å². The van der Waals surface area contributed by atoms with Gasteiger partial charge in [0.25, 0.3) is 0 Å². The van der Waals surface area contributed by atoms with Crippen molar-refractivity contribution in [2.45, 2.75) is 6.10 Å². The Morgan fingerprint density at radius 1 is 1.13 bits per heavy atom. The Hall–Kier alpha value is -1.45. The molecule has 2 rings (SSSR count). The molecule has 1 atom stereocenters. The van der Waals surface area contributed by atoms with Crippen molar-refractivity contribution < 1.29 is 9.90 Å². The van der Waals surface area contributed by atoms with Crippen LogP contribution in [-0.4, -0.2) is 10.9 Å². The van der Waals surface area contributed by atoms with Crippen molar-refractivity contribution in [3.8, 4) is 0 Å². The lowest BCUT2D eigenvalue weighted by atomic mass is 10.1. The number of hydrogen-bond donors (Lipinski definition) is 1. The maximum Gasteiger partial charge on any atom is 0.205 e. The van der Waals surface area contributed by atoms with E-state index in [1.807, 2.05) is 11.4 Å². The van der Waals surface area contributed by atoms with Crippen molar-refractivity contribution in [1.82, 2.24) is 0 Å². The fourth-order valence-electron chi connectivity index (χ4n) is 1.34. The van der Waals surface area contributed by atoms with Crippen LogP contribution in [0.15, 0.2) is 47.8 Å². The van der Waals surface area contributed by atoms with Gasteiger partial charge in [-0.15, -0.1) is 11.3 Å². The quantitative estimate of drug-likeness (QED) is 0.804. The Morgan fingerprint density at radius 3 is 2.47 bits per heavy atom. The van der Waals surface area contributed by atoms with E-state index in [2.05, 4.69) is 0 Å². The van der Waals surface area contributed by atoms with Gasteiger partial charge in [0.05, 0.1) is 4.88 Å². The SMILES string of the molecule is O=C(c1cccs1)[C@@H](O)c1ccccc1. The van der Waals surface area contributed by atoms with Crippen LogP contribution in [0.4, 0.5) is 0 Å². The van der Waals surface area contributed by atoms with E-state index in [0.29, 0.717) is 10.4 Å². The van der Waals surface area contributed by atoms with E-state index in [1.54, 1.807) is 36.4 Å². The zero-order chi connectivity index (χ0) is 10.7. The molecule has 76 valence electrons. The Bertz CT molecular complexity index is 434. The third-order valence-corrected chi connectivity index (χ3v) is 3.01. The normalized spacial score (nSPS) is 12.3. The van der Waals surface area contributed by atoms with Gasteiger partial charge in [-0.3, -0.25) is 4.79 Å². The van der Waals surface area contributed by atoms with E-state index in [-0.39, 0.29) is 5.78 Å². The molecule has 0 bridgehead atoms. The summed E-state index contributed by atoms with van der Waals surface area (Å²) in [7, 11) is 0. The average molecular weight is 218 g/mol. The minimum atomic E-state index is -1.05. The molecule has 0 radical (unpaired) electrons. The average Bonchev–Trinajstić information content (AvgIpc) is 2.82. The number of Topliss-reactive ketones (excluding diaryl/α,β-unsaturated/α-hetero) is 1. The molecule has 0 saturated heterocycles. The van der Waals surface area contributed by atoms with Gasteiger partial charge in [-0.25, -0.2) is 0 Å². The number of benzene rings is 1. The Kier molecular flexibility index (Phi) is 2.94. The molecule has 0 unspecified atom stereocenters. The second-order valence-electron chi connectivity index (χ2n) is 3.15. The van der Waals surface area contributed by atoms with Crippen LogP contribution in [0.25, 0.3) is 0 Å². The molecular formula is C12H10O2S. The smallest absolute Gasteiger partial charge is 0.205 e. The molecule has 0 spiro atoms. The lowest BCUT2D eigenvalue weighted by Gasteiger charge is -2.07. The van der Waals surface area contributed by atoms with Crippen LogP contribution < -0.4 is 0 Å². The lowest BCUT2D eigenvalue weighted by Crippen LogP contribution is -2.10. The predicted molar refractivity (Wildman–Crippen MR) is 60.1 cm³/mol. The fraction of sp³-hybridized carbons (Fsp3) is 0.0833. The molecule has 1 aromatic carbocycles. The van der Waals surface area contributed by atoms with E-state index in [4.69, 9.17) is 0 Å². The largest absolute Gasteiger partial charge is 0.380 e. The molecule has 2 aromatic rings. The van der Waals surface area contributed by atoms with E-state index >= 15 is 0 Å². The van der Waals surface area contributed by atoms with Gasteiger partial charge in [-0.05, 0) is 17.0 Å². The summed E-state index contributed by atoms with van der Waals surface area (Å²) in [4.78, 5) is 12.4. The van der Waals surface area contributed by atoms with Gasteiger partial charge in [-0.2, -0.15) is 0 Å². The molecule has 1 heterocycles. The molecule has 0 aliphatic carbocycles. The standard InChI is InChI=1S/C12H10O2S/c13-11(9-5-2-1-3-6-9)12(14)10-7-4-8-15-10/h1-8,11,13H/t11-/m0/s1. The number of aliphatic hydroxyl groups excluding tert-OH is 1. The molecule has 0 aliphatic heterocycles. The van der Waals surface area contributed by atoms with Crippen molar-refractivity contribution in [3.63, 3.8) is 0 Å². The van der Waals surface area contributed by atoms with Crippen molar-refractivity contribution in [2.24, 2.45) is 0 Å². The number of rotatable bonds is 3. The van der Waals surface area contributed by atoms with Gasteiger partial charge < -0.3 is 5.11 Å². The summed E-state index contributed by atoms with van der Waals surface area (Å²) in [5.41, 5.74) is 0.635. The lowest BCUT2D eigenvalue weighted by molar-refractivity contribution is 0.0752. The number of thiophene rings is 1. The first kappa shape index (κ1) is 10.1. The van der Waals surface area contributed by atoms with E-state index in [0.717, 1.165) is 0 Å². The van der Waals surface area contributed by atoms with E-state index < -0.39 is 6.10 Å². The summed E-state index contributed by atoms with van der Waals surface area (Å²) >= 11 is 1.34. The number of hydrogen-bond acceptors (Lipinski definition) is 3. The minimum absolute atomic E-state index is 0.240. The highest BCUT2D eigenvalue weighted by molar-refractivity contribution is 7.12. The van der Waals surface area contributed by atoms with Crippen molar-refractivity contribution >= 4 is 17.1 Å². The summed E-state index contributed by atoms with van der Waals surface area (Å²) in [6, 6.07) is 12.5. The van der Waals surface area contributed by atoms with Crippen LogP contribution in [-0.2, 0) is 0 Å². The first-order valence-electron chi connectivity index (χ1n) is 4.60. The summed E-state index contributed by atoms with van der Waals surface area (Å²) in [6.45, 7) is 0. The molecule has 15 heavy (non-hydrogen) atoms. The fourth-order valence-corrected chi connectivity index (χ4v) is 2.03. The first-order chi connectivity index (χ1) is 7.29. The van der Waals surface area contributed by atoms with Crippen LogP contribution in [0.1, 0.15) is 21.3 Å². The Labute approximate surface area is 91.8 Å². The molecule has 0 aliphatic rings. The molecule has 3 heteroatoms. The maximum absolute atomic E-state index is 11.8. The number of carbonyl (C=O) groups is 1. The van der Waals surface area contributed by atoms with Crippen molar-refractivity contribution in [1.29, 1.82) is 0 Å². The van der Waals surface area contributed by atoms with Crippen LogP contribution >= 0.6 is 11.3 Å². The summed E-state index contributed by atoms with van der Waals surface area (Å²) in [5, 5.41) is 11.6. The van der Waals surface area contributed by atoms with Crippen LogP contribution in [0.5, 0.6) is 0 Å². The maximum atomic E-state index is 11.8. The molecule has 1 N–H and O–H groups in total. The van der Waals surface area contributed by atoms with Gasteiger partial charge in [0.15, 0.2) is 0 Å². The molecule has 0 fully saturated rings. The summed E-state index contributed by atoms with van der Waals surface area (Å²) < 4.78 is 0. The van der Waals surface area contributed by atoms with Crippen LogP contribution in [0.3, 0.4) is 0 Å². The highest BCUT2D eigenvalue weighted by Crippen LogP contribution is 2.20. The number of aliphatic hydroxyl groups is 1. The predicted octanol–water partition coefficient (Wildman–Crippen LogP) is 2.66. The van der Waals surface area contributed by atoms with Gasteiger partial charge in [0, 0.05) is 0 Å². The highest BCUT2D eigenvalue weighted by Gasteiger charge is 2.19. The molecular weight excluding hydrogens is 208 g/mol. The second-order valence-corrected chi connectivity index (χ2v) is 4.10. The summed E-state index contributed by atoms with van der Waals surface area (Å²) in [5.74, 6) is -0.240. The van der Waals surface area contributed by atoms with Gasteiger partial charge in [0.2, 0.25) is 5.78 Å². The zero-order valence-electron chi connectivity index (χ0n) is 7.96. The van der Waals surface area contributed by atoms with Gasteiger partial charge in [-0.1, -0.05) is 36.4 Å².